The minimum Gasteiger partial charge on any atom is -0.359 e. The van der Waals surface area contributed by atoms with Crippen LogP contribution in [-0.4, -0.2) is 37.2 Å². The third-order valence-corrected chi connectivity index (χ3v) is 2.49. The summed E-state index contributed by atoms with van der Waals surface area (Å²) in [6, 6.07) is 0. The summed E-state index contributed by atoms with van der Waals surface area (Å²) in [7, 11) is 3.99. The average Bonchev–Trinajstić information content (AvgIpc) is 2.18. The summed E-state index contributed by atoms with van der Waals surface area (Å²) in [5, 5.41) is 3.12. The fraction of sp³-hybridized carbons (Fsp3) is 0.556. The van der Waals surface area contributed by atoms with E-state index < -0.39 is 0 Å². The molecule has 1 aromatic heterocycles. The minimum absolute atomic E-state index is 0.937. The van der Waals surface area contributed by atoms with E-state index in [1.807, 2.05) is 14.1 Å². The average molecular weight is 259 g/mol. The van der Waals surface area contributed by atoms with Gasteiger partial charge in [0.15, 0.2) is 0 Å². The van der Waals surface area contributed by atoms with Crippen molar-refractivity contribution in [3.8, 4) is 0 Å². The predicted molar refractivity (Wildman–Crippen MR) is 61.5 cm³/mol. The van der Waals surface area contributed by atoms with Gasteiger partial charge in [-0.1, -0.05) is 0 Å². The molecule has 0 radical (unpaired) electrons. The van der Waals surface area contributed by atoms with Gasteiger partial charge < -0.3 is 10.2 Å². The number of hydrogen-bond donors (Lipinski definition) is 1. The van der Waals surface area contributed by atoms with Gasteiger partial charge in [-0.2, -0.15) is 0 Å². The highest BCUT2D eigenvalue weighted by Crippen LogP contribution is 2.20. The fourth-order valence-corrected chi connectivity index (χ4v) is 1.71. The normalized spacial score (nSPS) is 10.2. The molecule has 0 atom stereocenters. The first-order valence-electron chi connectivity index (χ1n) is 4.57. The van der Waals surface area contributed by atoms with Crippen LogP contribution in [0.5, 0.6) is 0 Å². The number of nitrogens with zero attached hydrogens (tertiary/aromatic N) is 3. The molecule has 0 fully saturated rings. The molecule has 0 unspecified atom stereocenters. The summed E-state index contributed by atoms with van der Waals surface area (Å²) in [5.74, 6) is 0.941. The van der Waals surface area contributed by atoms with E-state index in [1.54, 1.807) is 12.5 Å². The molecule has 0 saturated heterocycles. The van der Waals surface area contributed by atoms with Crippen LogP contribution in [0.4, 0.5) is 5.82 Å². The molecule has 1 N–H and O–H groups in total. The molecule has 1 heterocycles. The van der Waals surface area contributed by atoms with Gasteiger partial charge in [-0.15, -0.1) is 0 Å². The Morgan fingerprint density at radius 3 is 3.00 bits per heavy atom. The first-order valence-corrected chi connectivity index (χ1v) is 5.36. The van der Waals surface area contributed by atoms with Crippen molar-refractivity contribution in [3.63, 3.8) is 0 Å². The Hall–Kier alpha value is -0.680. The molecule has 0 spiro atoms. The Kier molecular flexibility index (Phi) is 4.82. The predicted octanol–water partition coefficient (Wildman–Crippen LogP) is 1.28. The second-order valence-corrected chi connectivity index (χ2v) is 3.93. The maximum Gasteiger partial charge on any atom is 0.146 e. The van der Waals surface area contributed by atoms with Crippen LogP contribution >= 0.6 is 15.9 Å². The topological polar surface area (TPSA) is 41.0 Å². The Morgan fingerprint density at radius 2 is 2.36 bits per heavy atom. The largest absolute Gasteiger partial charge is 0.359 e. The van der Waals surface area contributed by atoms with Crippen LogP contribution in [0.1, 0.15) is 6.42 Å². The van der Waals surface area contributed by atoms with Crippen molar-refractivity contribution in [2.45, 2.75) is 6.42 Å². The first kappa shape index (κ1) is 11.4. The molecule has 0 aromatic carbocycles. The monoisotopic (exact) mass is 258 g/mol. The third-order valence-electron chi connectivity index (χ3n) is 1.93. The van der Waals surface area contributed by atoms with Crippen LogP contribution in [0.3, 0.4) is 0 Å². The van der Waals surface area contributed by atoms with E-state index in [4.69, 9.17) is 0 Å². The van der Waals surface area contributed by atoms with Crippen molar-refractivity contribution in [3.05, 3.63) is 17.0 Å². The Morgan fingerprint density at radius 1 is 1.57 bits per heavy atom. The van der Waals surface area contributed by atoms with Crippen LogP contribution in [0.2, 0.25) is 0 Å². The van der Waals surface area contributed by atoms with Gasteiger partial charge in [-0.3, -0.25) is 0 Å². The maximum atomic E-state index is 4.20. The molecule has 0 aliphatic heterocycles. The molecule has 5 heteroatoms. The van der Waals surface area contributed by atoms with Crippen LogP contribution in [0.25, 0.3) is 0 Å². The van der Waals surface area contributed by atoms with Crippen molar-refractivity contribution in [1.82, 2.24) is 15.3 Å². The van der Waals surface area contributed by atoms with E-state index >= 15 is 0 Å². The summed E-state index contributed by atoms with van der Waals surface area (Å²) in [4.78, 5) is 10.2. The summed E-state index contributed by atoms with van der Waals surface area (Å²) in [5.41, 5.74) is 0. The van der Waals surface area contributed by atoms with Crippen LogP contribution in [0.15, 0.2) is 17.0 Å². The minimum atomic E-state index is 0.937. The van der Waals surface area contributed by atoms with E-state index in [0.717, 1.165) is 29.8 Å². The second kappa shape index (κ2) is 5.93. The first-order chi connectivity index (χ1) is 6.75. The molecular formula is C9H15BrN4. The van der Waals surface area contributed by atoms with Crippen LogP contribution in [0, 0.1) is 0 Å². The molecule has 0 aliphatic rings. The third kappa shape index (κ3) is 3.23. The lowest BCUT2D eigenvalue weighted by molar-refractivity contribution is 0.708. The lowest BCUT2D eigenvalue weighted by Crippen LogP contribution is -2.23. The molecule has 1 aromatic rings. The molecule has 0 bridgehead atoms. The molecule has 0 amide bonds. The van der Waals surface area contributed by atoms with E-state index in [9.17, 15) is 0 Å². The van der Waals surface area contributed by atoms with Crippen LogP contribution < -0.4 is 10.2 Å². The standard InChI is InChI=1S/C9H15BrN4/c1-11-4-3-5-14(2)9-8(10)6-12-7-13-9/h6-7,11H,3-5H2,1-2H3. The van der Waals surface area contributed by atoms with E-state index in [1.165, 1.54) is 0 Å². The van der Waals surface area contributed by atoms with Crippen molar-refractivity contribution in [2.75, 3.05) is 32.1 Å². The molecule has 4 nitrogen and oxygen atoms in total. The zero-order valence-electron chi connectivity index (χ0n) is 8.50. The fourth-order valence-electron chi connectivity index (χ4n) is 1.19. The van der Waals surface area contributed by atoms with Crippen LogP contribution in [-0.2, 0) is 0 Å². The highest BCUT2D eigenvalue weighted by Gasteiger charge is 2.05. The molecule has 0 aliphatic carbocycles. The van der Waals surface area contributed by atoms with Gasteiger partial charge in [0.05, 0.1) is 4.47 Å². The van der Waals surface area contributed by atoms with Gasteiger partial charge in [0, 0.05) is 19.8 Å². The second-order valence-electron chi connectivity index (χ2n) is 3.07. The van der Waals surface area contributed by atoms with Crippen molar-refractivity contribution >= 4 is 21.7 Å². The summed E-state index contributed by atoms with van der Waals surface area (Å²) in [6.45, 7) is 2.00. The Balaban J connectivity index is 2.51. The number of nitrogens with one attached hydrogen (secondary N) is 1. The van der Waals surface area contributed by atoms with E-state index in [2.05, 4.69) is 36.1 Å². The lowest BCUT2D eigenvalue weighted by atomic mass is 10.4. The van der Waals surface area contributed by atoms with Gasteiger partial charge in [0.25, 0.3) is 0 Å². The van der Waals surface area contributed by atoms with Crippen molar-refractivity contribution in [1.29, 1.82) is 0 Å². The van der Waals surface area contributed by atoms with Crippen molar-refractivity contribution in [2.24, 2.45) is 0 Å². The number of rotatable bonds is 5. The van der Waals surface area contributed by atoms with E-state index in [0.29, 0.717) is 0 Å². The summed E-state index contributed by atoms with van der Waals surface area (Å²) < 4.78 is 0.937. The maximum absolute atomic E-state index is 4.20. The molecule has 1 rings (SSSR count). The van der Waals surface area contributed by atoms with E-state index in [-0.39, 0.29) is 0 Å². The smallest absolute Gasteiger partial charge is 0.146 e. The number of aromatic nitrogens is 2. The van der Waals surface area contributed by atoms with Gasteiger partial charge in [0.1, 0.15) is 12.1 Å². The molecule has 14 heavy (non-hydrogen) atoms. The quantitative estimate of drug-likeness (QED) is 0.809. The molecule has 78 valence electrons. The number of anilines is 1. The lowest BCUT2D eigenvalue weighted by Gasteiger charge is -2.18. The number of halogens is 1. The van der Waals surface area contributed by atoms with Crippen molar-refractivity contribution < 1.29 is 0 Å². The summed E-state index contributed by atoms with van der Waals surface area (Å²) in [6.07, 6.45) is 4.43. The summed E-state index contributed by atoms with van der Waals surface area (Å²) >= 11 is 3.42. The zero-order chi connectivity index (χ0) is 10.4. The SMILES string of the molecule is CNCCCN(C)c1ncncc1Br. The number of hydrogen-bond acceptors (Lipinski definition) is 4. The zero-order valence-corrected chi connectivity index (χ0v) is 10.1. The van der Waals surface area contributed by atoms with Gasteiger partial charge in [-0.25, -0.2) is 9.97 Å². The van der Waals surface area contributed by atoms with Gasteiger partial charge >= 0.3 is 0 Å². The molecule has 0 saturated carbocycles. The highest BCUT2D eigenvalue weighted by atomic mass is 79.9. The van der Waals surface area contributed by atoms with Gasteiger partial charge in [0.2, 0.25) is 0 Å². The highest BCUT2D eigenvalue weighted by molar-refractivity contribution is 9.10. The Bertz CT molecular complexity index is 279. The molecular weight excluding hydrogens is 244 g/mol. The van der Waals surface area contributed by atoms with Gasteiger partial charge in [-0.05, 0) is 35.9 Å². The Labute approximate surface area is 92.9 Å².